The van der Waals surface area contributed by atoms with E-state index in [9.17, 15) is 0 Å². The number of para-hydroxylation sites is 1. The number of nitrogens with zero attached hydrogens (tertiary/aromatic N) is 2. The maximum absolute atomic E-state index is 7.41. The molecule has 0 bridgehead atoms. The number of oxazole rings is 1. The summed E-state index contributed by atoms with van der Waals surface area (Å²) >= 11 is 0. The molecule has 3 aromatic heterocycles. The molecule has 0 aliphatic heterocycles. The van der Waals surface area contributed by atoms with Gasteiger partial charge in [0.05, 0.1) is 23.0 Å². The maximum atomic E-state index is 7.41. The molecule has 312 valence electrons. The minimum absolute atomic E-state index is 0. The van der Waals surface area contributed by atoms with Gasteiger partial charge in [-0.15, -0.1) is 35.4 Å². The Balaban J connectivity index is 0.000000236. The van der Waals surface area contributed by atoms with E-state index in [1.165, 1.54) is 56.8 Å². The fraction of sp³-hybridized carbons (Fsp3) is 0.138. The van der Waals surface area contributed by atoms with Crippen molar-refractivity contribution in [1.82, 2.24) is 4.98 Å². The molecule has 5 heteroatoms. The molecule has 4 nitrogen and oxygen atoms in total. The van der Waals surface area contributed by atoms with Gasteiger partial charge in [-0.1, -0.05) is 155 Å². The monoisotopic (exact) mass is 1010 g/mol. The Morgan fingerprint density at radius 3 is 1.95 bits per heavy atom. The van der Waals surface area contributed by atoms with Crippen LogP contribution in [0.3, 0.4) is 0 Å². The number of pyridine rings is 1. The van der Waals surface area contributed by atoms with Gasteiger partial charge in [0.1, 0.15) is 17.1 Å². The van der Waals surface area contributed by atoms with Gasteiger partial charge in [-0.25, -0.2) is 0 Å². The Kier molecular flexibility index (Phi) is 10.2. The number of hydrogen-bond acceptors (Lipinski definition) is 3. The molecule has 0 saturated heterocycles. The Hall–Kier alpha value is -6.65. The van der Waals surface area contributed by atoms with Crippen molar-refractivity contribution >= 4 is 33.0 Å². The molecule has 0 atom stereocenters. The molecule has 0 spiro atoms. The molecule has 0 amide bonds. The summed E-state index contributed by atoms with van der Waals surface area (Å²) in [5, 5.41) is 2.08. The minimum Gasteiger partial charge on any atom is -0.500 e. The van der Waals surface area contributed by atoms with Crippen molar-refractivity contribution in [2.75, 3.05) is 0 Å². The van der Waals surface area contributed by atoms with Crippen molar-refractivity contribution in [3.05, 3.63) is 206 Å². The largest absolute Gasteiger partial charge is 3.00 e. The minimum atomic E-state index is -2.20. The molecule has 0 aliphatic rings. The van der Waals surface area contributed by atoms with Gasteiger partial charge in [0.15, 0.2) is 0 Å². The fourth-order valence-corrected chi connectivity index (χ4v) is 8.30. The number of fused-ring (bicyclic) bond motifs is 4. The number of aromatic nitrogens is 2. The summed E-state index contributed by atoms with van der Waals surface area (Å²) in [4.78, 5) is 5.01. The average molecular weight is 1010 g/mol. The number of benzene rings is 7. The molecule has 0 aliphatic carbocycles. The zero-order chi connectivity index (χ0) is 48.1. The summed E-state index contributed by atoms with van der Waals surface area (Å²) in [6.07, 6.45) is 1.44. The molecule has 10 rings (SSSR count). The number of furan rings is 1. The van der Waals surface area contributed by atoms with Gasteiger partial charge in [-0.2, -0.15) is 18.6 Å². The topological polar surface area (TPSA) is 43.1 Å². The quantitative estimate of drug-likeness (QED) is 0.118. The van der Waals surface area contributed by atoms with Crippen molar-refractivity contribution in [2.45, 2.75) is 53.2 Å². The van der Waals surface area contributed by atoms with E-state index in [4.69, 9.17) is 22.0 Å². The van der Waals surface area contributed by atoms with Crippen LogP contribution in [-0.2, 0) is 20.1 Å². The van der Waals surface area contributed by atoms with Crippen molar-refractivity contribution in [2.24, 2.45) is 0 Å². The summed E-state index contributed by atoms with van der Waals surface area (Å²) < 4.78 is 59.1. The Labute approximate surface area is 393 Å². The van der Waals surface area contributed by atoms with Crippen molar-refractivity contribution in [3.8, 4) is 56.1 Å². The third kappa shape index (κ3) is 8.47. The molecule has 0 radical (unpaired) electrons. The molecular formula is C58H50IrN2O2+. The third-order valence-electron chi connectivity index (χ3n) is 11.4. The van der Waals surface area contributed by atoms with Crippen LogP contribution in [0.5, 0.6) is 0 Å². The van der Waals surface area contributed by atoms with Crippen molar-refractivity contribution in [3.63, 3.8) is 0 Å². The molecule has 7 aromatic carbocycles. The molecule has 63 heavy (non-hydrogen) atoms. The van der Waals surface area contributed by atoms with E-state index in [-0.39, 0.29) is 31.2 Å². The fourth-order valence-electron chi connectivity index (χ4n) is 8.30. The molecule has 0 fully saturated rings. The average Bonchev–Trinajstić information content (AvgIpc) is 3.93. The summed E-state index contributed by atoms with van der Waals surface area (Å²) in [7, 11) is 3.81. The molecule has 0 unspecified atom stereocenters. The smallest absolute Gasteiger partial charge is 0.500 e. The van der Waals surface area contributed by atoms with E-state index in [2.05, 4.69) is 151 Å². The number of aryl methyl sites for hydroxylation is 2. The van der Waals surface area contributed by atoms with E-state index in [1.54, 1.807) is 12.1 Å². The SMILES string of the molecule is CC(C)c1cc(-c2ccccc2)cc(C(C)C)c1-c1cccc2nc(-c3[c-]ccc4c3oc3cc(-c5ccccc5)ccc34)oc12.[2H]C([2H])([2H])c1ccc(-c2ccc(C([2H])([2H])[2H])c[n+]2[CH2-])c([CH2-])c1.[Ir+3]. The summed E-state index contributed by atoms with van der Waals surface area (Å²) in [6.45, 7) is 8.57. The standard InChI is InChI=1S/C43H34NO2.C15H16N.Ir/c1-26(2)36-23-31(29-15-9-6-10-16-29)24-37(27(3)4)40(36)34-18-12-20-38-42(34)46-43(44-38)35-19-11-17-33-32-22-21-30(25-39(32)45-41(33)35)28-13-7-5-8-14-28;1-11-5-7-14(13(3)9-11)15-8-6-12(2)10-16(15)4;/h5-18,20-27H,1-4H3;5-10H,3-4H2,1-2H3;/q2*-1;+3/i;1D3,2D3;. The van der Waals surface area contributed by atoms with Crippen molar-refractivity contribution < 1.29 is 41.7 Å². The van der Waals surface area contributed by atoms with E-state index < -0.39 is 13.7 Å². The molecule has 3 heterocycles. The van der Waals surface area contributed by atoms with E-state index in [1.807, 2.05) is 18.2 Å². The Morgan fingerprint density at radius 2 is 1.30 bits per heavy atom. The van der Waals surface area contributed by atoms with Crippen LogP contribution < -0.4 is 4.57 Å². The van der Waals surface area contributed by atoms with E-state index in [0.717, 1.165) is 55.3 Å². The first-order chi connectivity index (χ1) is 32.5. The van der Waals surface area contributed by atoms with Gasteiger partial charge in [-0.3, -0.25) is 4.98 Å². The van der Waals surface area contributed by atoms with Gasteiger partial charge in [0.2, 0.25) is 0 Å². The zero-order valence-electron chi connectivity index (χ0n) is 41.6. The molecule has 10 aromatic rings. The Bertz CT molecular complexity index is 3370. The first kappa shape index (κ1) is 35.9. The summed E-state index contributed by atoms with van der Waals surface area (Å²) in [6, 6.07) is 53.6. The second-order valence-electron chi connectivity index (χ2n) is 16.3. The van der Waals surface area contributed by atoms with Gasteiger partial charge in [0, 0.05) is 26.2 Å². The third-order valence-corrected chi connectivity index (χ3v) is 11.4. The van der Waals surface area contributed by atoms with Crippen LogP contribution >= 0.6 is 0 Å². The summed E-state index contributed by atoms with van der Waals surface area (Å²) in [5.74, 6) is 1.13. The Morgan fingerprint density at radius 1 is 0.619 bits per heavy atom. The van der Waals surface area contributed by atoms with E-state index in [0.29, 0.717) is 34.5 Å². The molecular weight excluding hydrogens is 949 g/mol. The van der Waals surface area contributed by atoms with Gasteiger partial charge < -0.3 is 13.4 Å². The van der Waals surface area contributed by atoms with Gasteiger partial charge >= 0.3 is 20.1 Å². The van der Waals surface area contributed by atoms with Crippen LogP contribution in [0.2, 0.25) is 0 Å². The molecule has 0 N–H and O–H groups in total. The van der Waals surface area contributed by atoms with Crippen LogP contribution in [0.4, 0.5) is 0 Å². The zero-order valence-corrected chi connectivity index (χ0v) is 38.0. The van der Waals surface area contributed by atoms with Crippen LogP contribution in [0.1, 0.15) is 75.6 Å². The van der Waals surface area contributed by atoms with Gasteiger partial charge in [0.25, 0.3) is 0 Å². The van der Waals surface area contributed by atoms with Crippen molar-refractivity contribution in [1.29, 1.82) is 0 Å². The normalized spacial score (nSPS) is 13.1. The second kappa shape index (κ2) is 18.0. The van der Waals surface area contributed by atoms with Gasteiger partial charge in [-0.05, 0) is 80.9 Å². The van der Waals surface area contributed by atoms with Crippen LogP contribution in [-0.4, -0.2) is 4.98 Å². The second-order valence-corrected chi connectivity index (χ2v) is 16.3. The van der Waals surface area contributed by atoms with Crippen LogP contribution in [0.25, 0.3) is 89.1 Å². The summed E-state index contributed by atoms with van der Waals surface area (Å²) in [5.41, 5.74) is 15.8. The first-order valence-corrected chi connectivity index (χ1v) is 20.9. The number of hydrogen-bond donors (Lipinski definition) is 0. The first-order valence-electron chi connectivity index (χ1n) is 23.9. The maximum Gasteiger partial charge on any atom is 3.00 e. The van der Waals surface area contributed by atoms with E-state index >= 15 is 0 Å². The predicted octanol–water partition coefficient (Wildman–Crippen LogP) is 15.5. The van der Waals surface area contributed by atoms with Crippen LogP contribution in [0, 0.1) is 33.7 Å². The number of rotatable bonds is 7. The predicted molar refractivity (Wildman–Crippen MR) is 257 cm³/mol. The van der Waals surface area contributed by atoms with Crippen LogP contribution in [0.15, 0.2) is 167 Å². The molecule has 0 saturated carbocycles.